The summed E-state index contributed by atoms with van der Waals surface area (Å²) in [5, 5.41) is 1.91. The Bertz CT molecular complexity index is 453. The van der Waals surface area contributed by atoms with E-state index in [1.54, 1.807) is 6.07 Å². The fraction of sp³-hybridized carbons (Fsp3) is 0.583. The lowest BCUT2D eigenvalue weighted by Gasteiger charge is -2.16. The second-order valence-corrected chi connectivity index (χ2v) is 5.84. The summed E-state index contributed by atoms with van der Waals surface area (Å²) in [6.45, 7) is 0.870. The van der Waals surface area contributed by atoms with Crippen molar-refractivity contribution in [2.45, 2.75) is 32.4 Å². The normalized spacial score (nSPS) is 19.4. The molecule has 0 saturated carbocycles. The summed E-state index contributed by atoms with van der Waals surface area (Å²) < 4.78 is 36.0. The highest BCUT2D eigenvalue weighted by atomic mass is 32.1. The number of fused-ring (bicyclic) bond motifs is 1. The molecule has 0 unspecified atom stereocenters. The molecule has 1 aliphatic carbocycles. The molecule has 1 aromatic heterocycles. The third-order valence-electron chi connectivity index (χ3n) is 3.00. The molecule has 0 radical (unpaired) electrons. The van der Waals surface area contributed by atoms with Gasteiger partial charge in [-0.15, -0.1) is 11.3 Å². The SMILES string of the molecule is C[C@@H]1CCc2sc(C(=O)NCC(F)(F)F)cc2C1. The number of halogens is 3. The van der Waals surface area contributed by atoms with Crippen molar-refractivity contribution in [1.82, 2.24) is 5.32 Å². The van der Waals surface area contributed by atoms with Gasteiger partial charge in [-0.2, -0.15) is 13.2 Å². The zero-order valence-corrected chi connectivity index (χ0v) is 10.8. The van der Waals surface area contributed by atoms with Gasteiger partial charge in [-0.25, -0.2) is 0 Å². The fourth-order valence-corrected chi connectivity index (χ4v) is 3.21. The van der Waals surface area contributed by atoms with Gasteiger partial charge in [0.1, 0.15) is 6.54 Å². The number of rotatable bonds is 2. The van der Waals surface area contributed by atoms with Crippen LogP contribution < -0.4 is 5.32 Å². The Labute approximate surface area is 107 Å². The van der Waals surface area contributed by atoms with E-state index in [0.29, 0.717) is 10.8 Å². The zero-order chi connectivity index (χ0) is 13.3. The summed E-state index contributed by atoms with van der Waals surface area (Å²) in [7, 11) is 0. The molecule has 1 atom stereocenters. The number of hydrogen-bond acceptors (Lipinski definition) is 2. The first kappa shape index (κ1) is 13.4. The van der Waals surface area contributed by atoms with E-state index in [0.717, 1.165) is 29.7 Å². The number of carbonyl (C=O) groups excluding carboxylic acids is 1. The van der Waals surface area contributed by atoms with Crippen LogP contribution in [0, 0.1) is 5.92 Å². The van der Waals surface area contributed by atoms with Gasteiger partial charge in [-0.1, -0.05) is 6.92 Å². The topological polar surface area (TPSA) is 29.1 Å². The lowest BCUT2D eigenvalue weighted by atomic mass is 9.90. The number of alkyl halides is 3. The van der Waals surface area contributed by atoms with Crippen LogP contribution >= 0.6 is 11.3 Å². The Morgan fingerprint density at radius 2 is 2.28 bits per heavy atom. The van der Waals surface area contributed by atoms with Crippen molar-refractivity contribution in [3.8, 4) is 0 Å². The maximum absolute atomic E-state index is 12.0. The lowest BCUT2D eigenvalue weighted by molar-refractivity contribution is -0.123. The first-order valence-electron chi connectivity index (χ1n) is 5.81. The molecule has 0 saturated heterocycles. The molecule has 1 amide bonds. The third-order valence-corrected chi connectivity index (χ3v) is 4.24. The maximum Gasteiger partial charge on any atom is 0.405 e. The number of hydrogen-bond donors (Lipinski definition) is 1. The van der Waals surface area contributed by atoms with Gasteiger partial charge in [0, 0.05) is 4.88 Å². The first-order chi connectivity index (χ1) is 8.35. The van der Waals surface area contributed by atoms with Crippen LogP contribution in [0.1, 0.15) is 33.5 Å². The highest BCUT2D eigenvalue weighted by Gasteiger charge is 2.28. The molecule has 0 bridgehead atoms. The van der Waals surface area contributed by atoms with Crippen LogP contribution in [0.15, 0.2) is 6.07 Å². The quantitative estimate of drug-likeness (QED) is 0.884. The van der Waals surface area contributed by atoms with Crippen LogP contribution in [-0.2, 0) is 12.8 Å². The van der Waals surface area contributed by atoms with Gasteiger partial charge >= 0.3 is 6.18 Å². The molecule has 0 aliphatic heterocycles. The fourth-order valence-electron chi connectivity index (χ4n) is 2.09. The minimum atomic E-state index is -4.36. The van der Waals surface area contributed by atoms with E-state index < -0.39 is 18.6 Å². The van der Waals surface area contributed by atoms with Crippen molar-refractivity contribution in [3.63, 3.8) is 0 Å². The molecule has 0 spiro atoms. The molecule has 0 aromatic carbocycles. The van der Waals surface area contributed by atoms with Crippen molar-refractivity contribution in [2.75, 3.05) is 6.54 Å². The van der Waals surface area contributed by atoms with Gasteiger partial charge in [0.05, 0.1) is 4.88 Å². The molecule has 1 aromatic rings. The van der Waals surface area contributed by atoms with Crippen molar-refractivity contribution < 1.29 is 18.0 Å². The van der Waals surface area contributed by atoms with Crippen molar-refractivity contribution >= 4 is 17.2 Å². The molecule has 0 fully saturated rings. The van der Waals surface area contributed by atoms with Gasteiger partial charge in [0.15, 0.2) is 0 Å². The van der Waals surface area contributed by atoms with E-state index in [9.17, 15) is 18.0 Å². The number of thiophene rings is 1. The molecule has 1 aliphatic rings. The van der Waals surface area contributed by atoms with E-state index >= 15 is 0 Å². The summed E-state index contributed by atoms with van der Waals surface area (Å²) in [5.41, 5.74) is 1.12. The minimum Gasteiger partial charge on any atom is -0.342 e. The molecular weight excluding hydrogens is 263 g/mol. The van der Waals surface area contributed by atoms with Crippen LogP contribution in [0.5, 0.6) is 0 Å². The van der Waals surface area contributed by atoms with Gasteiger partial charge in [-0.05, 0) is 36.8 Å². The summed E-state index contributed by atoms with van der Waals surface area (Å²) in [5.74, 6) is -0.0439. The molecule has 6 heteroatoms. The highest BCUT2D eigenvalue weighted by Crippen LogP contribution is 2.32. The Balaban J connectivity index is 2.04. The molecule has 2 nitrogen and oxygen atoms in total. The van der Waals surface area contributed by atoms with Crippen LogP contribution in [0.4, 0.5) is 13.2 Å². The van der Waals surface area contributed by atoms with Crippen LogP contribution in [0.2, 0.25) is 0 Å². The van der Waals surface area contributed by atoms with Gasteiger partial charge < -0.3 is 5.32 Å². The van der Waals surface area contributed by atoms with E-state index in [1.807, 2.05) is 5.32 Å². The number of aryl methyl sites for hydroxylation is 1. The van der Waals surface area contributed by atoms with Crippen LogP contribution in [-0.4, -0.2) is 18.6 Å². The van der Waals surface area contributed by atoms with Crippen molar-refractivity contribution in [1.29, 1.82) is 0 Å². The number of nitrogens with one attached hydrogen (secondary N) is 1. The lowest BCUT2D eigenvalue weighted by Crippen LogP contribution is -2.33. The second-order valence-electron chi connectivity index (χ2n) is 4.70. The summed E-state index contributed by atoms with van der Waals surface area (Å²) in [6, 6.07) is 1.74. The maximum atomic E-state index is 12.0. The molecule has 18 heavy (non-hydrogen) atoms. The molecule has 2 rings (SSSR count). The first-order valence-corrected chi connectivity index (χ1v) is 6.63. The predicted molar refractivity (Wildman–Crippen MR) is 63.9 cm³/mol. The Morgan fingerprint density at radius 3 is 2.94 bits per heavy atom. The van der Waals surface area contributed by atoms with E-state index in [4.69, 9.17) is 0 Å². The molecule has 100 valence electrons. The van der Waals surface area contributed by atoms with Crippen molar-refractivity contribution in [2.24, 2.45) is 5.92 Å². The Kier molecular flexibility index (Phi) is 3.66. The molecule has 1 heterocycles. The molecule has 1 N–H and O–H groups in total. The smallest absolute Gasteiger partial charge is 0.342 e. The van der Waals surface area contributed by atoms with Crippen molar-refractivity contribution in [3.05, 3.63) is 21.4 Å². The summed E-state index contributed by atoms with van der Waals surface area (Å²) in [6.07, 6.45) is -1.44. The predicted octanol–water partition coefficient (Wildman–Crippen LogP) is 3.17. The van der Waals surface area contributed by atoms with Crippen LogP contribution in [0.25, 0.3) is 0 Å². The van der Waals surface area contributed by atoms with Gasteiger partial charge in [-0.3, -0.25) is 4.79 Å². The Hall–Kier alpha value is -1.04. The van der Waals surface area contributed by atoms with E-state index in [-0.39, 0.29) is 0 Å². The standard InChI is InChI=1S/C12H14F3NOS/c1-7-2-3-9-8(4-7)5-10(18-9)11(17)16-6-12(13,14)15/h5,7H,2-4,6H2,1H3,(H,16,17)/t7-/m1/s1. The average Bonchev–Trinajstić information content (AvgIpc) is 2.67. The average molecular weight is 277 g/mol. The monoisotopic (exact) mass is 277 g/mol. The van der Waals surface area contributed by atoms with Crippen LogP contribution in [0.3, 0.4) is 0 Å². The second kappa shape index (κ2) is 4.91. The Morgan fingerprint density at radius 1 is 1.56 bits per heavy atom. The summed E-state index contributed by atoms with van der Waals surface area (Å²) >= 11 is 1.32. The largest absolute Gasteiger partial charge is 0.405 e. The number of carbonyl (C=O) groups is 1. The summed E-state index contributed by atoms with van der Waals surface area (Å²) in [4.78, 5) is 13.1. The third kappa shape index (κ3) is 3.25. The van der Waals surface area contributed by atoms with E-state index in [1.165, 1.54) is 11.3 Å². The van der Waals surface area contributed by atoms with E-state index in [2.05, 4.69) is 6.92 Å². The van der Waals surface area contributed by atoms with Gasteiger partial charge in [0.2, 0.25) is 0 Å². The number of amides is 1. The zero-order valence-electron chi connectivity index (χ0n) is 9.93. The highest BCUT2D eigenvalue weighted by molar-refractivity contribution is 7.14. The van der Waals surface area contributed by atoms with Gasteiger partial charge in [0.25, 0.3) is 5.91 Å². The molecular formula is C12H14F3NOS. The minimum absolute atomic E-state index is 0.387.